The lowest BCUT2D eigenvalue weighted by Gasteiger charge is -2.31. The number of ether oxygens (including phenoxy) is 4. The fourth-order valence-electron chi connectivity index (χ4n) is 2.10. The van der Waals surface area contributed by atoms with E-state index in [-0.39, 0.29) is 0 Å². The van der Waals surface area contributed by atoms with E-state index < -0.39 is 118 Å². The SMILES string of the molecule is N[C@@H](CS(=O)(=O)O)C(=O)OC(OC(=O)[C@@H](N)CS(=O)(=O)O)(OC(=O)[C@@H](N)CS(=O)(=O)O)OC(=O)[C@@H](N)CS(=O)(=O)O. The van der Waals surface area contributed by atoms with Crippen molar-refractivity contribution in [1.29, 1.82) is 0 Å². The molecule has 0 saturated heterocycles. The van der Waals surface area contributed by atoms with Gasteiger partial charge in [0, 0.05) is 0 Å². The van der Waals surface area contributed by atoms with Gasteiger partial charge in [-0.15, -0.1) is 0 Å². The van der Waals surface area contributed by atoms with Crippen LogP contribution in [-0.2, 0) is 78.6 Å². The molecule has 24 nitrogen and oxygen atoms in total. The summed E-state index contributed by atoms with van der Waals surface area (Å²) in [5.74, 6) is -15.5. The van der Waals surface area contributed by atoms with Crippen LogP contribution in [0.4, 0.5) is 0 Å². The van der Waals surface area contributed by atoms with Crippen molar-refractivity contribution in [1.82, 2.24) is 0 Å². The van der Waals surface area contributed by atoms with Crippen molar-refractivity contribution < 1.29 is 90.0 Å². The third-order valence-corrected chi connectivity index (χ3v) is 6.80. The van der Waals surface area contributed by atoms with Crippen LogP contribution in [0.2, 0.25) is 0 Å². The molecule has 0 spiro atoms. The van der Waals surface area contributed by atoms with Gasteiger partial charge in [0.1, 0.15) is 47.2 Å². The third-order valence-electron chi connectivity index (χ3n) is 3.67. The minimum atomic E-state index is -5.09. The molecule has 0 aliphatic carbocycles. The lowest BCUT2D eigenvalue weighted by Crippen LogP contribution is -2.57. The van der Waals surface area contributed by atoms with E-state index in [9.17, 15) is 52.8 Å². The number of hydrogen-bond donors (Lipinski definition) is 8. The highest BCUT2D eigenvalue weighted by Gasteiger charge is 2.53. The molecule has 41 heavy (non-hydrogen) atoms. The normalized spacial score (nSPS) is 16.0. The monoisotopic (exact) mass is 684 g/mol. The van der Waals surface area contributed by atoms with E-state index in [0.29, 0.717) is 0 Å². The summed E-state index contributed by atoms with van der Waals surface area (Å²) in [6.07, 6.45) is -4.41. The van der Waals surface area contributed by atoms with Crippen LogP contribution in [-0.4, -0.2) is 129 Å². The molecule has 0 bridgehead atoms. The fraction of sp³-hybridized carbons (Fsp3) is 0.692. The quantitative estimate of drug-likeness (QED) is 0.0425. The highest BCUT2D eigenvalue weighted by Crippen LogP contribution is 2.22. The molecule has 0 radical (unpaired) electrons. The predicted octanol–water partition coefficient (Wildman–Crippen LogP) is -7.37. The van der Waals surface area contributed by atoms with Gasteiger partial charge in [0.25, 0.3) is 40.5 Å². The van der Waals surface area contributed by atoms with Crippen LogP contribution >= 0.6 is 0 Å². The van der Waals surface area contributed by atoms with Gasteiger partial charge in [-0.05, 0) is 0 Å². The molecule has 0 heterocycles. The number of rotatable bonds is 16. The number of esters is 4. The maximum atomic E-state index is 12.4. The molecule has 0 rings (SSSR count). The van der Waals surface area contributed by atoms with Crippen molar-refractivity contribution in [2.24, 2.45) is 22.9 Å². The molecule has 0 aliphatic rings. The topological polar surface area (TPSA) is 427 Å². The highest BCUT2D eigenvalue weighted by atomic mass is 32.2. The number of hydrogen-bond acceptors (Lipinski definition) is 20. The zero-order valence-corrected chi connectivity index (χ0v) is 23.2. The first kappa shape index (κ1) is 38.4. The summed E-state index contributed by atoms with van der Waals surface area (Å²) in [5.41, 5.74) is 20.7. The van der Waals surface area contributed by atoms with Crippen LogP contribution in [0, 0.1) is 0 Å². The molecule has 4 atom stereocenters. The standard InChI is InChI=1S/C13H24N4O20S4/c14-5(1-38(22,23)24)9(18)34-13(35-10(19)6(15)2-39(25,26)27,36-11(20)7(16)3-40(28,29)30)37-12(21)8(17)4-41(31,32)33/h5-8H,1-4,14-17H2,(H,22,23,24)(H,25,26,27)(H,28,29,30)(H,31,32,33)/t5-,6-,7-,8-/m0/s1. The Labute approximate surface area is 230 Å². The van der Waals surface area contributed by atoms with Gasteiger partial charge in [-0.1, -0.05) is 0 Å². The van der Waals surface area contributed by atoms with Gasteiger partial charge < -0.3 is 41.9 Å². The smallest absolute Gasteiger partial charge is 0.351 e. The summed E-state index contributed by atoms with van der Waals surface area (Å²) in [6, 6.07) is -10.0. The van der Waals surface area contributed by atoms with Crippen LogP contribution in [0.15, 0.2) is 0 Å². The first-order valence-electron chi connectivity index (χ1n) is 9.79. The van der Waals surface area contributed by atoms with Crippen LogP contribution in [0.5, 0.6) is 0 Å². The first-order chi connectivity index (χ1) is 18.0. The van der Waals surface area contributed by atoms with E-state index in [2.05, 4.69) is 18.9 Å². The Balaban J connectivity index is 6.87. The molecule has 0 amide bonds. The maximum absolute atomic E-state index is 12.4. The molecule has 0 aromatic rings. The van der Waals surface area contributed by atoms with Crippen molar-refractivity contribution in [2.45, 2.75) is 30.3 Å². The van der Waals surface area contributed by atoms with Crippen molar-refractivity contribution >= 4 is 64.3 Å². The Hall–Kier alpha value is -2.64. The lowest BCUT2D eigenvalue weighted by molar-refractivity contribution is -0.433. The van der Waals surface area contributed by atoms with Gasteiger partial charge in [0.05, 0.1) is 0 Å². The lowest BCUT2D eigenvalue weighted by atomic mass is 10.3. The molecule has 240 valence electrons. The largest absolute Gasteiger partial charge is 0.619 e. The molecular formula is C13H24N4O20S4. The summed E-state index contributed by atoms with van der Waals surface area (Å²) in [5, 5.41) is 0. The summed E-state index contributed by atoms with van der Waals surface area (Å²) in [4.78, 5) is 49.5. The van der Waals surface area contributed by atoms with Gasteiger partial charge in [-0.3, -0.25) is 37.4 Å². The minimum Gasteiger partial charge on any atom is -0.351 e. The van der Waals surface area contributed by atoms with Crippen molar-refractivity contribution in [3.05, 3.63) is 0 Å². The van der Waals surface area contributed by atoms with Crippen molar-refractivity contribution in [2.75, 3.05) is 23.0 Å². The van der Waals surface area contributed by atoms with E-state index in [4.69, 9.17) is 41.1 Å². The molecule has 0 aliphatic heterocycles. The van der Waals surface area contributed by atoms with E-state index in [1.54, 1.807) is 0 Å². The Morgan fingerprint density at radius 3 is 0.732 bits per heavy atom. The molecule has 28 heteroatoms. The first-order valence-corrected chi connectivity index (χ1v) is 16.2. The van der Waals surface area contributed by atoms with Crippen LogP contribution < -0.4 is 22.9 Å². The van der Waals surface area contributed by atoms with Gasteiger partial charge >= 0.3 is 30.0 Å². The maximum Gasteiger partial charge on any atom is 0.619 e. The predicted molar refractivity (Wildman–Crippen MR) is 125 cm³/mol. The summed E-state index contributed by atoms with van der Waals surface area (Å²) in [7, 11) is -20.3. The minimum absolute atomic E-state index is 1.68. The van der Waals surface area contributed by atoms with E-state index in [1.165, 1.54) is 0 Å². The number of carbonyl (C=O) groups excluding carboxylic acids is 4. The van der Waals surface area contributed by atoms with Gasteiger partial charge in [0.15, 0.2) is 0 Å². The molecule has 0 saturated carbocycles. The summed E-state index contributed by atoms with van der Waals surface area (Å²) < 4.78 is 141. The molecule has 0 aromatic carbocycles. The van der Waals surface area contributed by atoms with Crippen LogP contribution in [0.25, 0.3) is 0 Å². The van der Waals surface area contributed by atoms with Crippen molar-refractivity contribution in [3.8, 4) is 0 Å². The third kappa shape index (κ3) is 16.4. The Bertz CT molecular complexity index is 1220. The van der Waals surface area contributed by atoms with Gasteiger partial charge in [0.2, 0.25) is 0 Å². The number of carbonyl (C=O) groups is 4. The molecular weight excluding hydrogens is 660 g/mol. The number of nitrogens with two attached hydrogens (primary N) is 4. The second-order valence-electron chi connectivity index (χ2n) is 7.60. The zero-order chi connectivity index (χ0) is 32.8. The van der Waals surface area contributed by atoms with Crippen LogP contribution in [0.1, 0.15) is 0 Å². The molecule has 0 aromatic heterocycles. The average molecular weight is 685 g/mol. The van der Waals surface area contributed by atoms with E-state index >= 15 is 0 Å². The molecule has 0 unspecified atom stereocenters. The van der Waals surface area contributed by atoms with E-state index in [1.807, 2.05) is 0 Å². The van der Waals surface area contributed by atoms with Gasteiger partial charge in [-0.2, -0.15) is 33.7 Å². The molecule has 12 N–H and O–H groups in total. The van der Waals surface area contributed by atoms with Crippen molar-refractivity contribution in [3.63, 3.8) is 0 Å². The van der Waals surface area contributed by atoms with Crippen LogP contribution in [0.3, 0.4) is 0 Å². The second kappa shape index (κ2) is 14.0. The summed E-state index contributed by atoms with van der Waals surface area (Å²) >= 11 is 0. The average Bonchev–Trinajstić information content (AvgIpc) is 2.68. The molecule has 0 fully saturated rings. The highest BCUT2D eigenvalue weighted by molar-refractivity contribution is 7.86. The second-order valence-corrected chi connectivity index (χ2v) is 13.6. The van der Waals surface area contributed by atoms with Gasteiger partial charge in [-0.25, -0.2) is 0 Å². The van der Waals surface area contributed by atoms with E-state index in [0.717, 1.165) is 0 Å². The zero-order valence-electron chi connectivity index (χ0n) is 19.9. The summed E-state index contributed by atoms with van der Waals surface area (Å²) in [6.45, 7) is 0. The fourth-order valence-corrected chi connectivity index (χ4v) is 4.46. The Kier molecular flexibility index (Phi) is 13.1. The Morgan fingerprint density at radius 2 is 0.610 bits per heavy atom. The Morgan fingerprint density at radius 1 is 0.463 bits per heavy atom.